The Morgan fingerprint density at radius 2 is 2.17 bits per heavy atom. The highest BCUT2D eigenvalue weighted by Crippen LogP contribution is 2.16. The number of hydrogen-bond acceptors (Lipinski definition) is 3. The molecular weight excluding hydrogens is 186 g/mol. The van der Waals surface area contributed by atoms with Gasteiger partial charge in [0.05, 0.1) is 19.3 Å². The van der Waals surface area contributed by atoms with Crippen molar-refractivity contribution in [2.24, 2.45) is 0 Å². The number of thioether (sulfide) groups is 1. The van der Waals surface area contributed by atoms with Gasteiger partial charge in [-0.3, -0.25) is 4.79 Å². The number of ether oxygens (including phenoxy) is 1. The molecular formula is C7H12F2O2S. The second-order valence-electron chi connectivity index (χ2n) is 2.32. The quantitative estimate of drug-likeness (QED) is 0.631. The summed E-state index contributed by atoms with van der Waals surface area (Å²) in [6.07, 6.45) is -2.12. The minimum Gasteiger partial charge on any atom is -0.469 e. The molecule has 2 nitrogen and oxygen atoms in total. The third kappa shape index (κ3) is 6.39. The van der Waals surface area contributed by atoms with Crippen molar-refractivity contribution in [2.75, 3.05) is 12.9 Å². The molecule has 0 aromatic rings. The molecule has 72 valence electrons. The molecule has 0 saturated heterocycles. The van der Waals surface area contributed by atoms with Crippen LogP contribution in [0, 0.1) is 0 Å². The highest BCUT2D eigenvalue weighted by Gasteiger charge is 2.11. The zero-order chi connectivity index (χ0) is 9.56. The van der Waals surface area contributed by atoms with E-state index in [2.05, 4.69) is 4.74 Å². The Kier molecular flexibility index (Phi) is 6.06. The molecule has 0 aromatic carbocycles. The third-order valence-corrected chi connectivity index (χ3v) is 2.37. The Balaban J connectivity index is 3.45. The lowest BCUT2D eigenvalue weighted by Gasteiger charge is -2.08. The minimum atomic E-state index is -2.31. The first-order valence-corrected chi connectivity index (χ1v) is 4.57. The van der Waals surface area contributed by atoms with Crippen molar-refractivity contribution in [3.63, 3.8) is 0 Å². The zero-order valence-corrected chi connectivity index (χ0v) is 7.87. The predicted octanol–water partition coefficient (Wildman–Crippen LogP) is 1.94. The maximum atomic E-state index is 11.7. The Hall–Kier alpha value is -0.320. The number of halogens is 2. The van der Waals surface area contributed by atoms with Crippen LogP contribution in [-0.2, 0) is 9.53 Å². The number of hydrogen-bond donors (Lipinski definition) is 0. The molecule has 0 amide bonds. The molecule has 0 aromatic heterocycles. The van der Waals surface area contributed by atoms with Gasteiger partial charge in [-0.15, -0.1) is 0 Å². The lowest BCUT2D eigenvalue weighted by atomic mass is 10.3. The van der Waals surface area contributed by atoms with Gasteiger partial charge in [0.1, 0.15) is 0 Å². The summed E-state index contributed by atoms with van der Waals surface area (Å²) in [6.45, 7) is 1.73. The van der Waals surface area contributed by atoms with E-state index in [1.54, 1.807) is 6.92 Å². The first kappa shape index (κ1) is 11.7. The Labute approximate surface area is 74.7 Å². The zero-order valence-electron chi connectivity index (χ0n) is 7.05. The van der Waals surface area contributed by atoms with Crippen LogP contribution < -0.4 is 0 Å². The molecule has 0 spiro atoms. The average molecular weight is 198 g/mol. The summed E-state index contributed by atoms with van der Waals surface area (Å²) >= 11 is 1.08. The topological polar surface area (TPSA) is 26.3 Å². The van der Waals surface area contributed by atoms with Gasteiger partial charge in [-0.2, -0.15) is 11.8 Å². The van der Waals surface area contributed by atoms with E-state index < -0.39 is 6.43 Å². The fourth-order valence-corrected chi connectivity index (χ4v) is 1.34. The second-order valence-corrected chi connectivity index (χ2v) is 3.79. The van der Waals surface area contributed by atoms with Crippen molar-refractivity contribution in [3.8, 4) is 0 Å². The number of carbonyl (C=O) groups is 1. The monoisotopic (exact) mass is 198 g/mol. The normalized spacial score (nSPS) is 13.1. The largest absolute Gasteiger partial charge is 0.469 e. The molecule has 5 heteroatoms. The highest BCUT2D eigenvalue weighted by atomic mass is 32.2. The first-order valence-electron chi connectivity index (χ1n) is 3.52. The molecule has 0 saturated carbocycles. The number of methoxy groups -OCH3 is 1. The Morgan fingerprint density at radius 3 is 2.58 bits per heavy atom. The van der Waals surface area contributed by atoms with Crippen molar-refractivity contribution in [2.45, 2.75) is 25.0 Å². The van der Waals surface area contributed by atoms with Crippen molar-refractivity contribution >= 4 is 17.7 Å². The standard InChI is InChI=1S/C7H12F2O2S/c1-5(3-7(10)11-2)12-4-6(8)9/h5-6H,3-4H2,1-2H3. The maximum Gasteiger partial charge on any atom is 0.306 e. The summed E-state index contributed by atoms with van der Waals surface area (Å²) in [5.74, 6) is -0.581. The van der Waals surface area contributed by atoms with Gasteiger partial charge in [0.25, 0.3) is 0 Å². The lowest BCUT2D eigenvalue weighted by molar-refractivity contribution is -0.140. The van der Waals surface area contributed by atoms with E-state index in [-0.39, 0.29) is 23.4 Å². The summed E-state index contributed by atoms with van der Waals surface area (Å²) in [5.41, 5.74) is 0. The Morgan fingerprint density at radius 1 is 1.58 bits per heavy atom. The summed E-state index contributed by atoms with van der Waals surface area (Å²) in [7, 11) is 1.28. The van der Waals surface area contributed by atoms with Crippen LogP contribution in [0.3, 0.4) is 0 Å². The molecule has 0 aliphatic rings. The molecule has 1 unspecified atom stereocenters. The lowest BCUT2D eigenvalue weighted by Crippen LogP contribution is -2.10. The van der Waals surface area contributed by atoms with Crippen LogP contribution >= 0.6 is 11.8 Å². The summed E-state index contributed by atoms with van der Waals surface area (Å²) in [6, 6.07) is 0. The molecule has 0 N–H and O–H groups in total. The fraction of sp³-hybridized carbons (Fsp3) is 0.857. The molecule has 0 rings (SSSR count). The van der Waals surface area contributed by atoms with Crippen LogP contribution in [0.25, 0.3) is 0 Å². The van der Waals surface area contributed by atoms with Gasteiger partial charge in [0.2, 0.25) is 6.43 Å². The van der Waals surface area contributed by atoms with Gasteiger partial charge >= 0.3 is 5.97 Å². The minimum absolute atomic E-state index is 0.105. The number of carbonyl (C=O) groups excluding carboxylic acids is 1. The van der Waals surface area contributed by atoms with E-state index in [1.165, 1.54) is 7.11 Å². The maximum absolute atomic E-state index is 11.7. The molecule has 0 fully saturated rings. The van der Waals surface area contributed by atoms with Crippen molar-refractivity contribution < 1.29 is 18.3 Å². The van der Waals surface area contributed by atoms with E-state index in [4.69, 9.17) is 0 Å². The van der Waals surface area contributed by atoms with Crippen molar-refractivity contribution in [1.82, 2.24) is 0 Å². The predicted molar refractivity (Wildman–Crippen MR) is 44.6 cm³/mol. The first-order chi connectivity index (χ1) is 5.56. The van der Waals surface area contributed by atoms with Crippen LogP contribution in [-0.4, -0.2) is 30.5 Å². The Bertz CT molecular complexity index is 141. The summed E-state index contributed by atoms with van der Waals surface area (Å²) < 4.78 is 27.7. The van der Waals surface area contributed by atoms with Crippen LogP contribution in [0.1, 0.15) is 13.3 Å². The molecule has 1 atom stereocenters. The van der Waals surface area contributed by atoms with Gasteiger partial charge in [-0.05, 0) is 0 Å². The average Bonchev–Trinajstić information content (AvgIpc) is 2.00. The summed E-state index contributed by atoms with van der Waals surface area (Å²) in [4.78, 5) is 10.6. The van der Waals surface area contributed by atoms with E-state index in [1.807, 2.05) is 0 Å². The van der Waals surface area contributed by atoms with Crippen LogP contribution in [0.2, 0.25) is 0 Å². The molecule has 0 aliphatic heterocycles. The van der Waals surface area contributed by atoms with Gasteiger partial charge in [-0.25, -0.2) is 8.78 Å². The van der Waals surface area contributed by atoms with E-state index in [0.717, 1.165) is 11.8 Å². The van der Waals surface area contributed by atoms with Crippen LogP contribution in [0.15, 0.2) is 0 Å². The van der Waals surface area contributed by atoms with Crippen LogP contribution in [0.4, 0.5) is 8.78 Å². The van der Waals surface area contributed by atoms with Gasteiger partial charge < -0.3 is 4.74 Å². The van der Waals surface area contributed by atoms with E-state index in [0.29, 0.717) is 0 Å². The fourth-order valence-electron chi connectivity index (χ4n) is 0.614. The van der Waals surface area contributed by atoms with Gasteiger partial charge in [0, 0.05) is 5.25 Å². The third-order valence-electron chi connectivity index (χ3n) is 1.19. The molecule has 0 bridgehead atoms. The van der Waals surface area contributed by atoms with E-state index >= 15 is 0 Å². The smallest absolute Gasteiger partial charge is 0.306 e. The molecule has 0 aliphatic carbocycles. The van der Waals surface area contributed by atoms with Crippen molar-refractivity contribution in [3.05, 3.63) is 0 Å². The number of alkyl halides is 2. The molecule has 0 radical (unpaired) electrons. The van der Waals surface area contributed by atoms with E-state index in [9.17, 15) is 13.6 Å². The molecule has 12 heavy (non-hydrogen) atoms. The van der Waals surface area contributed by atoms with Crippen molar-refractivity contribution in [1.29, 1.82) is 0 Å². The number of rotatable bonds is 5. The van der Waals surface area contributed by atoms with Gasteiger partial charge in [-0.1, -0.05) is 6.92 Å². The van der Waals surface area contributed by atoms with Crippen LogP contribution in [0.5, 0.6) is 0 Å². The highest BCUT2D eigenvalue weighted by molar-refractivity contribution is 7.99. The number of esters is 1. The molecule has 0 heterocycles. The second kappa shape index (κ2) is 6.22. The summed E-state index contributed by atoms with van der Waals surface area (Å²) in [5, 5.41) is -0.105. The SMILES string of the molecule is COC(=O)CC(C)SCC(F)F. The van der Waals surface area contributed by atoms with Gasteiger partial charge in [0.15, 0.2) is 0 Å².